The van der Waals surface area contributed by atoms with Crippen LogP contribution < -0.4 is 5.32 Å². The van der Waals surface area contributed by atoms with Gasteiger partial charge >= 0.3 is 0 Å². The zero-order chi connectivity index (χ0) is 12.2. The first-order valence-electron chi connectivity index (χ1n) is 5.33. The first kappa shape index (κ1) is 13.2. The van der Waals surface area contributed by atoms with Gasteiger partial charge in [-0.1, -0.05) is 6.92 Å². The Morgan fingerprint density at radius 1 is 1.50 bits per heavy atom. The highest BCUT2D eigenvalue weighted by atomic mass is 32.2. The number of aryl methyl sites for hydroxylation is 1. The van der Waals surface area contributed by atoms with Crippen LogP contribution >= 0.6 is 0 Å². The van der Waals surface area contributed by atoms with Crippen LogP contribution in [0.2, 0.25) is 0 Å². The van der Waals surface area contributed by atoms with E-state index in [0.717, 1.165) is 24.6 Å². The Hall–Kier alpha value is -0.880. The first-order chi connectivity index (χ1) is 7.44. The summed E-state index contributed by atoms with van der Waals surface area (Å²) < 4.78 is 24.2. The van der Waals surface area contributed by atoms with Crippen LogP contribution in [0.15, 0.2) is 6.20 Å². The maximum absolute atomic E-state index is 11.1. The molecule has 0 radical (unpaired) electrons. The average molecular weight is 245 g/mol. The maximum atomic E-state index is 11.1. The molecule has 0 bridgehead atoms. The Morgan fingerprint density at radius 3 is 2.75 bits per heavy atom. The number of hydrogen-bond donors (Lipinski definition) is 1. The highest BCUT2D eigenvalue weighted by Gasteiger charge is 2.09. The second-order valence-corrected chi connectivity index (χ2v) is 6.12. The van der Waals surface area contributed by atoms with E-state index in [9.17, 15) is 8.42 Å². The van der Waals surface area contributed by atoms with Gasteiger partial charge in [0.15, 0.2) is 0 Å². The van der Waals surface area contributed by atoms with Crippen molar-refractivity contribution in [3.8, 4) is 0 Å². The van der Waals surface area contributed by atoms with Gasteiger partial charge in [0.05, 0.1) is 11.4 Å². The number of aromatic nitrogens is 2. The fraction of sp³-hybridized carbons (Fsp3) is 0.700. The molecule has 0 aliphatic heterocycles. The van der Waals surface area contributed by atoms with Gasteiger partial charge in [0, 0.05) is 25.5 Å². The number of rotatable bonds is 6. The third-order valence-electron chi connectivity index (χ3n) is 2.38. The lowest BCUT2D eigenvalue weighted by atomic mass is 10.4. The maximum Gasteiger partial charge on any atom is 0.149 e. The fourth-order valence-electron chi connectivity index (χ4n) is 1.47. The predicted molar refractivity (Wildman–Crippen MR) is 64.1 cm³/mol. The molecule has 0 saturated heterocycles. The van der Waals surface area contributed by atoms with Crippen LogP contribution in [0.25, 0.3) is 0 Å². The third kappa shape index (κ3) is 3.94. The van der Waals surface area contributed by atoms with Crippen molar-refractivity contribution in [2.75, 3.05) is 18.6 Å². The summed E-state index contributed by atoms with van der Waals surface area (Å²) in [5, 5.41) is 3.21. The third-order valence-corrected chi connectivity index (χ3v) is 3.30. The quantitative estimate of drug-likeness (QED) is 0.785. The van der Waals surface area contributed by atoms with Gasteiger partial charge in [-0.25, -0.2) is 13.4 Å². The van der Waals surface area contributed by atoms with E-state index in [4.69, 9.17) is 0 Å². The van der Waals surface area contributed by atoms with Crippen LogP contribution in [0.5, 0.6) is 0 Å². The molecular formula is C10H19N3O2S. The summed E-state index contributed by atoms with van der Waals surface area (Å²) in [5.41, 5.74) is 1.03. The molecule has 1 aromatic heterocycles. The van der Waals surface area contributed by atoms with Crippen molar-refractivity contribution in [1.82, 2.24) is 14.9 Å². The van der Waals surface area contributed by atoms with E-state index in [1.54, 1.807) is 6.20 Å². The second kappa shape index (κ2) is 5.45. The normalized spacial score (nSPS) is 11.9. The molecule has 0 aliphatic carbocycles. The highest BCUT2D eigenvalue weighted by molar-refractivity contribution is 7.90. The van der Waals surface area contributed by atoms with Gasteiger partial charge in [-0.3, -0.25) is 0 Å². The van der Waals surface area contributed by atoms with Crippen LogP contribution in [0.3, 0.4) is 0 Å². The lowest BCUT2D eigenvalue weighted by molar-refractivity contribution is 0.586. The molecule has 1 N–H and O–H groups in total. The number of imidazole rings is 1. The van der Waals surface area contributed by atoms with Crippen LogP contribution in [0, 0.1) is 6.92 Å². The number of hydrogen-bond acceptors (Lipinski definition) is 4. The SMILES string of the molecule is CCNCc1cnc(C)n1CCS(C)(=O)=O. The number of sulfone groups is 1. The standard InChI is InChI=1S/C10H19N3O2S/c1-4-11-7-10-8-12-9(2)13(10)5-6-16(3,14)15/h8,11H,4-7H2,1-3H3. The average Bonchev–Trinajstić information content (AvgIpc) is 2.52. The Kier molecular flexibility index (Phi) is 4.49. The highest BCUT2D eigenvalue weighted by Crippen LogP contribution is 2.05. The second-order valence-electron chi connectivity index (χ2n) is 3.86. The molecule has 0 amide bonds. The lowest BCUT2D eigenvalue weighted by Crippen LogP contribution is -2.19. The Morgan fingerprint density at radius 2 is 2.19 bits per heavy atom. The largest absolute Gasteiger partial charge is 0.330 e. The summed E-state index contributed by atoms with van der Waals surface area (Å²) in [6, 6.07) is 0. The van der Waals surface area contributed by atoms with Crippen molar-refractivity contribution in [3.63, 3.8) is 0 Å². The smallest absolute Gasteiger partial charge is 0.149 e. The van der Waals surface area contributed by atoms with E-state index in [1.165, 1.54) is 6.26 Å². The monoisotopic (exact) mass is 245 g/mol. The Labute approximate surface area is 96.8 Å². The van der Waals surface area contributed by atoms with E-state index >= 15 is 0 Å². The van der Waals surface area contributed by atoms with E-state index in [0.29, 0.717) is 6.54 Å². The summed E-state index contributed by atoms with van der Waals surface area (Å²) >= 11 is 0. The zero-order valence-corrected chi connectivity index (χ0v) is 10.8. The molecule has 1 rings (SSSR count). The molecular weight excluding hydrogens is 226 g/mol. The van der Waals surface area contributed by atoms with Gasteiger partial charge in [0.1, 0.15) is 15.7 Å². The molecule has 0 atom stereocenters. The minimum absolute atomic E-state index is 0.156. The first-order valence-corrected chi connectivity index (χ1v) is 7.39. The molecule has 0 aliphatic rings. The molecule has 6 heteroatoms. The molecule has 0 unspecified atom stereocenters. The van der Waals surface area contributed by atoms with Gasteiger partial charge in [-0.15, -0.1) is 0 Å². The Balaban J connectivity index is 2.73. The molecule has 0 fully saturated rings. The predicted octanol–water partition coefficient (Wildman–Crippen LogP) is 0.346. The molecule has 5 nitrogen and oxygen atoms in total. The Bertz CT molecular complexity index is 437. The van der Waals surface area contributed by atoms with Crippen LogP contribution in [-0.4, -0.2) is 36.5 Å². The lowest BCUT2D eigenvalue weighted by Gasteiger charge is -2.09. The fourth-order valence-corrected chi connectivity index (χ4v) is 1.99. The molecule has 92 valence electrons. The minimum atomic E-state index is -2.92. The minimum Gasteiger partial charge on any atom is -0.330 e. The molecule has 1 aromatic rings. The van der Waals surface area contributed by atoms with Crippen molar-refractivity contribution in [2.45, 2.75) is 26.9 Å². The summed E-state index contributed by atoms with van der Waals surface area (Å²) in [6.07, 6.45) is 3.05. The van der Waals surface area contributed by atoms with Crippen LogP contribution in [-0.2, 0) is 22.9 Å². The molecule has 16 heavy (non-hydrogen) atoms. The van der Waals surface area contributed by atoms with Crippen LogP contribution in [0.4, 0.5) is 0 Å². The molecule has 0 aromatic carbocycles. The zero-order valence-electron chi connectivity index (χ0n) is 10.0. The van der Waals surface area contributed by atoms with Crippen molar-refractivity contribution in [1.29, 1.82) is 0 Å². The topological polar surface area (TPSA) is 64.0 Å². The van der Waals surface area contributed by atoms with Gasteiger partial charge in [0.2, 0.25) is 0 Å². The van der Waals surface area contributed by atoms with Gasteiger partial charge in [-0.2, -0.15) is 0 Å². The van der Waals surface area contributed by atoms with Crippen LogP contribution in [0.1, 0.15) is 18.4 Å². The summed E-state index contributed by atoms with van der Waals surface area (Å²) in [6.45, 7) is 6.00. The van der Waals surface area contributed by atoms with Crippen molar-refractivity contribution in [3.05, 3.63) is 17.7 Å². The molecule has 0 spiro atoms. The van der Waals surface area contributed by atoms with Crippen molar-refractivity contribution in [2.24, 2.45) is 0 Å². The summed E-state index contributed by atoms with van der Waals surface area (Å²) in [4.78, 5) is 4.20. The van der Waals surface area contributed by atoms with Crippen molar-refractivity contribution >= 4 is 9.84 Å². The van der Waals surface area contributed by atoms with E-state index in [1.807, 2.05) is 18.4 Å². The van der Waals surface area contributed by atoms with Gasteiger partial charge < -0.3 is 9.88 Å². The van der Waals surface area contributed by atoms with E-state index in [-0.39, 0.29) is 5.75 Å². The van der Waals surface area contributed by atoms with E-state index in [2.05, 4.69) is 10.3 Å². The number of nitrogens with zero attached hydrogens (tertiary/aromatic N) is 2. The number of nitrogens with one attached hydrogen (secondary N) is 1. The van der Waals surface area contributed by atoms with Crippen molar-refractivity contribution < 1.29 is 8.42 Å². The molecule has 0 saturated carbocycles. The van der Waals surface area contributed by atoms with Gasteiger partial charge in [0.25, 0.3) is 0 Å². The summed E-state index contributed by atoms with van der Waals surface area (Å²) in [5.74, 6) is 1.01. The molecule has 1 heterocycles. The van der Waals surface area contributed by atoms with E-state index < -0.39 is 9.84 Å². The summed E-state index contributed by atoms with van der Waals surface area (Å²) in [7, 11) is -2.92. The van der Waals surface area contributed by atoms with Gasteiger partial charge in [-0.05, 0) is 13.5 Å².